The largest absolute Gasteiger partial charge is 0.329 e. The van der Waals surface area contributed by atoms with Crippen LogP contribution in [-0.2, 0) is 0 Å². The molecule has 144 valence electrons. The summed E-state index contributed by atoms with van der Waals surface area (Å²) in [6.07, 6.45) is 9.29. The molecule has 5 heteroatoms. The number of imidazole rings is 1. The van der Waals surface area contributed by atoms with E-state index < -0.39 is 0 Å². The molecule has 3 aromatic rings. The first-order valence-electron chi connectivity index (χ1n) is 9.79. The van der Waals surface area contributed by atoms with Crippen LogP contribution in [0, 0.1) is 0 Å². The first-order chi connectivity index (χ1) is 13.6. The third-order valence-electron chi connectivity index (χ3n) is 5.54. The first-order valence-corrected chi connectivity index (χ1v) is 10.2. The van der Waals surface area contributed by atoms with Gasteiger partial charge in [0.15, 0.2) is 0 Å². The van der Waals surface area contributed by atoms with Crippen molar-refractivity contribution in [3.8, 4) is 22.4 Å². The average Bonchev–Trinajstić information content (AvgIpc) is 3.24. The Labute approximate surface area is 170 Å². The van der Waals surface area contributed by atoms with Crippen LogP contribution in [0.5, 0.6) is 0 Å². The van der Waals surface area contributed by atoms with Crippen molar-refractivity contribution in [2.75, 3.05) is 7.05 Å². The first kappa shape index (κ1) is 18.8. The number of carbonyl (C=O) groups is 1. The molecular formula is C23H24ClN3O. The molecule has 1 fully saturated rings. The maximum absolute atomic E-state index is 12.8. The van der Waals surface area contributed by atoms with E-state index in [9.17, 15) is 4.79 Å². The van der Waals surface area contributed by atoms with E-state index in [1.165, 1.54) is 19.3 Å². The highest BCUT2D eigenvalue weighted by molar-refractivity contribution is 6.30. The number of hydrogen-bond acceptors (Lipinski definition) is 2. The summed E-state index contributed by atoms with van der Waals surface area (Å²) in [5, 5.41) is 0.712. The van der Waals surface area contributed by atoms with Gasteiger partial charge in [-0.2, -0.15) is 0 Å². The number of amides is 1. The Morgan fingerprint density at radius 1 is 1.04 bits per heavy atom. The van der Waals surface area contributed by atoms with Crippen LogP contribution in [0.15, 0.2) is 61.1 Å². The SMILES string of the molecule is CN(C(=O)n1cnc(-c2cccc(-c3cccc(Cl)c3)c2)c1)C1CCCCC1. The Hall–Kier alpha value is -2.59. The standard InChI is InChI=1S/C23H24ClN3O/c1-26(21-11-3-2-4-12-21)23(28)27-15-22(25-16-27)19-9-5-7-17(13-19)18-8-6-10-20(24)14-18/h5-10,13-16,21H,2-4,11-12H2,1H3. The van der Waals surface area contributed by atoms with E-state index in [1.807, 2.05) is 60.6 Å². The fourth-order valence-electron chi connectivity index (χ4n) is 3.91. The van der Waals surface area contributed by atoms with E-state index in [0.717, 1.165) is 35.2 Å². The van der Waals surface area contributed by atoms with E-state index in [1.54, 1.807) is 10.9 Å². The number of halogens is 1. The van der Waals surface area contributed by atoms with Crippen LogP contribution in [0.25, 0.3) is 22.4 Å². The second kappa shape index (κ2) is 8.19. The fourth-order valence-corrected chi connectivity index (χ4v) is 4.10. The van der Waals surface area contributed by atoms with Crippen molar-refractivity contribution in [2.45, 2.75) is 38.1 Å². The van der Waals surface area contributed by atoms with Crippen molar-refractivity contribution >= 4 is 17.6 Å². The van der Waals surface area contributed by atoms with Crippen molar-refractivity contribution in [3.05, 3.63) is 66.1 Å². The predicted octanol–water partition coefficient (Wildman–Crippen LogP) is 6.10. The van der Waals surface area contributed by atoms with Gasteiger partial charge in [0, 0.05) is 29.9 Å². The quantitative estimate of drug-likeness (QED) is 0.539. The summed E-state index contributed by atoms with van der Waals surface area (Å²) in [5.41, 5.74) is 3.89. The molecule has 0 spiro atoms. The zero-order valence-electron chi connectivity index (χ0n) is 16.0. The van der Waals surface area contributed by atoms with Gasteiger partial charge in [0.25, 0.3) is 0 Å². The van der Waals surface area contributed by atoms with Crippen LogP contribution < -0.4 is 0 Å². The van der Waals surface area contributed by atoms with E-state index in [2.05, 4.69) is 11.1 Å². The molecule has 1 aliphatic carbocycles. The van der Waals surface area contributed by atoms with E-state index in [4.69, 9.17) is 11.6 Å². The summed E-state index contributed by atoms with van der Waals surface area (Å²) in [7, 11) is 1.90. The van der Waals surface area contributed by atoms with Crippen molar-refractivity contribution in [1.82, 2.24) is 14.5 Å². The molecule has 4 nitrogen and oxygen atoms in total. The lowest BCUT2D eigenvalue weighted by atomic mass is 9.95. The Balaban J connectivity index is 1.56. The van der Waals surface area contributed by atoms with Gasteiger partial charge in [-0.15, -0.1) is 0 Å². The van der Waals surface area contributed by atoms with Crippen molar-refractivity contribution in [2.24, 2.45) is 0 Å². The molecule has 0 saturated heterocycles. The van der Waals surface area contributed by atoms with Crippen LogP contribution in [0.4, 0.5) is 4.79 Å². The Morgan fingerprint density at radius 3 is 2.46 bits per heavy atom. The summed E-state index contributed by atoms with van der Waals surface area (Å²) in [6, 6.07) is 16.2. The highest BCUT2D eigenvalue weighted by Crippen LogP contribution is 2.27. The zero-order valence-corrected chi connectivity index (χ0v) is 16.8. The highest BCUT2D eigenvalue weighted by Gasteiger charge is 2.23. The Bertz CT molecular complexity index is 975. The highest BCUT2D eigenvalue weighted by atomic mass is 35.5. The van der Waals surface area contributed by atoms with Gasteiger partial charge < -0.3 is 4.90 Å². The molecule has 0 radical (unpaired) electrons. The molecule has 0 bridgehead atoms. The number of nitrogens with zero attached hydrogens (tertiary/aromatic N) is 3. The summed E-state index contributed by atoms with van der Waals surface area (Å²) in [6.45, 7) is 0. The molecule has 2 aromatic carbocycles. The molecule has 1 saturated carbocycles. The van der Waals surface area contributed by atoms with Crippen LogP contribution >= 0.6 is 11.6 Å². The molecule has 0 atom stereocenters. The topological polar surface area (TPSA) is 38.1 Å². The molecule has 1 aliphatic rings. The van der Waals surface area contributed by atoms with Gasteiger partial charge in [-0.3, -0.25) is 4.57 Å². The van der Waals surface area contributed by atoms with Crippen molar-refractivity contribution in [1.29, 1.82) is 0 Å². The molecule has 0 aliphatic heterocycles. The van der Waals surface area contributed by atoms with E-state index >= 15 is 0 Å². The van der Waals surface area contributed by atoms with Crippen LogP contribution in [0.3, 0.4) is 0 Å². The van der Waals surface area contributed by atoms with Crippen LogP contribution in [0.1, 0.15) is 32.1 Å². The monoisotopic (exact) mass is 393 g/mol. The lowest BCUT2D eigenvalue weighted by molar-refractivity contribution is 0.175. The summed E-state index contributed by atoms with van der Waals surface area (Å²) in [4.78, 5) is 19.2. The Kier molecular flexibility index (Phi) is 5.49. The molecular weight excluding hydrogens is 370 g/mol. The van der Waals surface area contributed by atoms with Gasteiger partial charge in [-0.1, -0.05) is 61.2 Å². The molecule has 28 heavy (non-hydrogen) atoms. The van der Waals surface area contributed by atoms with Crippen molar-refractivity contribution < 1.29 is 4.79 Å². The smallest absolute Gasteiger partial charge is 0.324 e. The normalized spacial score (nSPS) is 14.8. The van der Waals surface area contributed by atoms with Crippen LogP contribution in [-0.4, -0.2) is 33.6 Å². The summed E-state index contributed by atoms with van der Waals surface area (Å²) < 4.78 is 1.59. The molecule has 1 amide bonds. The lowest BCUT2D eigenvalue weighted by Gasteiger charge is -2.31. The number of benzene rings is 2. The minimum Gasteiger partial charge on any atom is -0.324 e. The molecule has 1 aromatic heterocycles. The molecule has 0 unspecified atom stereocenters. The summed E-state index contributed by atoms with van der Waals surface area (Å²) >= 11 is 6.13. The zero-order chi connectivity index (χ0) is 19.5. The van der Waals surface area contributed by atoms with E-state index in [0.29, 0.717) is 11.1 Å². The minimum atomic E-state index is -0.0170. The van der Waals surface area contributed by atoms with Gasteiger partial charge in [0.1, 0.15) is 6.33 Å². The minimum absolute atomic E-state index is 0.0170. The van der Waals surface area contributed by atoms with Gasteiger partial charge in [-0.25, -0.2) is 9.78 Å². The average molecular weight is 394 g/mol. The third kappa shape index (κ3) is 3.97. The van der Waals surface area contributed by atoms with Crippen molar-refractivity contribution in [3.63, 3.8) is 0 Å². The van der Waals surface area contributed by atoms with Gasteiger partial charge in [-0.05, 0) is 42.2 Å². The molecule has 4 rings (SSSR count). The third-order valence-corrected chi connectivity index (χ3v) is 5.78. The predicted molar refractivity (Wildman–Crippen MR) is 114 cm³/mol. The maximum atomic E-state index is 12.8. The maximum Gasteiger partial charge on any atom is 0.329 e. The van der Waals surface area contributed by atoms with Gasteiger partial charge >= 0.3 is 6.03 Å². The van der Waals surface area contributed by atoms with E-state index in [-0.39, 0.29) is 6.03 Å². The number of aromatic nitrogens is 2. The molecule has 0 N–H and O–H groups in total. The number of carbonyl (C=O) groups excluding carboxylic acids is 1. The second-order valence-corrected chi connectivity index (χ2v) is 7.88. The number of hydrogen-bond donors (Lipinski definition) is 0. The fraction of sp³-hybridized carbons (Fsp3) is 0.304. The van der Waals surface area contributed by atoms with Gasteiger partial charge in [0.05, 0.1) is 5.69 Å². The summed E-state index contributed by atoms with van der Waals surface area (Å²) in [5.74, 6) is 0. The lowest BCUT2D eigenvalue weighted by Crippen LogP contribution is -2.40. The van der Waals surface area contributed by atoms with Gasteiger partial charge in [0.2, 0.25) is 0 Å². The van der Waals surface area contributed by atoms with Crippen LogP contribution in [0.2, 0.25) is 5.02 Å². The number of rotatable bonds is 3. The molecule has 1 heterocycles. The Morgan fingerprint density at radius 2 is 1.71 bits per heavy atom. The second-order valence-electron chi connectivity index (χ2n) is 7.44.